The van der Waals surface area contributed by atoms with Gasteiger partial charge in [0.25, 0.3) is 11.6 Å². The van der Waals surface area contributed by atoms with Crippen LogP contribution in [-0.2, 0) is 4.79 Å². The number of hydrogen-bond acceptors (Lipinski definition) is 4. The Kier molecular flexibility index (Phi) is 6.61. The minimum absolute atomic E-state index is 0.0209. The van der Waals surface area contributed by atoms with E-state index in [0.29, 0.717) is 25.8 Å². The molecule has 1 aromatic rings. The van der Waals surface area contributed by atoms with Crippen molar-refractivity contribution in [3.05, 3.63) is 38.9 Å². The number of rotatable bonds is 8. The van der Waals surface area contributed by atoms with Gasteiger partial charge < -0.3 is 10.4 Å². The third-order valence-electron chi connectivity index (χ3n) is 2.77. The van der Waals surface area contributed by atoms with Crippen LogP contribution in [-0.4, -0.2) is 28.5 Å². The van der Waals surface area contributed by atoms with Crippen LogP contribution in [0.1, 0.15) is 36.0 Å². The average Bonchev–Trinajstić information content (AvgIpc) is 2.41. The molecule has 2 N–H and O–H groups in total. The van der Waals surface area contributed by atoms with E-state index in [-0.39, 0.29) is 22.7 Å². The number of carbonyl (C=O) groups excluding carboxylic acids is 1. The number of halogens is 1. The summed E-state index contributed by atoms with van der Waals surface area (Å²) in [4.78, 5) is 32.5. The molecule has 1 aromatic carbocycles. The van der Waals surface area contributed by atoms with Gasteiger partial charge in [-0.2, -0.15) is 0 Å². The number of nitro benzene ring substituents is 1. The lowest BCUT2D eigenvalue weighted by atomic mass is 10.1. The van der Waals surface area contributed by atoms with Crippen molar-refractivity contribution in [1.29, 1.82) is 0 Å². The maximum Gasteiger partial charge on any atom is 0.303 e. The molecule has 7 nitrogen and oxygen atoms in total. The Labute approximate surface area is 126 Å². The number of nitrogens with zero attached hydrogens (tertiary/aromatic N) is 1. The van der Waals surface area contributed by atoms with E-state index in [1.54, 1.807) is 0 Å². The van der Waals surface area contributed by atoms with E-state index in [1.807, 2.05) is 0 Å². The van der Waals surface area contributed by atoms with Crippen molar-refractivity contribution in [1.82, 2.24) is 5.32 Å². The quantitative estimate of drug-likeness (QED) is 0.435. The minimum Gasteiger partial charge on any atom is -0.481 e. The second-order valence-corrected chi connectivity index (χ2v) is 4.76. The lowest BCUT2D eigenvalue weighted by Gasteiger charge is -2.07. The molecule has 0 unspecified atom stereocenters. The van der Waals surface area contributed by atoms with Crippen LogP contribution in [0, 0.1) is 10.1 Å². The Hall–Kier alpha value is -2.15. The minimum atomic E-state index is -0.856. The first-order chi connectivity index (χ1) is 9.93. The van der Waals surface area contributed by atoms with Crippen molar-refractivity contribution in [2.75, 3.05) is 6.54 Å². The maximum atomic E-state index is 11.9. The molecule has 0 aromatic heterocycles. The third-order valence-corrected chi connectivity index (χ3v) is 3.08. The standard InChI is InChI=1S/C13H15ClN2O5/c14-9-5-4-6-10(16(20)21)12(9)13(19)15-8-3-1-2-7-11(17)18/h4-6H,1-3,7-8H2,(H,15,19)(H,17,18). The summed E-state index contributed by atoms with van der Waals surface area (Å²) < 4.78 is 0. The van der Waals surface area contributed by atoms with Gasteiger partial charge in [0.2, 0.25) is 0 Å². The van der Waals surface area contributed by atoms with E-state index >= 15 is 0 Å². The van der Waals surface area contributed by atoms with Crippen LogP contribution in [0.15, 0.2) is 18.2 Å². The van der Waals surface area contributed by atoms with Gasteiger partial charge in [-0.3, -0.25) is 19.7 Å². The van der Waals surface area contributed by atoms with Gasteiger partial charge in [-0.25, -0.2) is 0 Å². The summed E-state index contributed by atoms with van der Waals surface area (Å²) in [6.07, 6.45) is 1.86. The molecule has 0 aliphatic heterocycles. The maximum absolute atomic E-state index is 11.9. The lowest BCUT2D eigenvalue weighted by Crippen LogP contribution is -2.25. The number of unbranched alkanes of at least 4 members (excludes halogenated alkanes) is 2. The van der Waals surface area contributed by atoms with Crippen LogP contribution in [0.4, 0.5) is 5.69 Å². The molecule has 0 bridgehead atoms. The number of amides is 1. The van der Waals surface area contributed by atoms with Crippen LogP contribution in [0.3, 0.4) is 0 Å². The van der Waals surface area contributed by atoms with Gasteiger partial charge in [-0.1, -0.05) is 24.1 Å². The fourth-order valence-electron chi connectivity index (χ4n) is 1.76. The number of benzene rings is 1. The number of nitro groups is 1. The van der Waals surface area contributed by atoms with Crippen LogP contribution >= 0.6 is 11.6 Å². The van der Waals surface area contributed by atoms with E-state index in [4.69, 9.17) is 16.7 Å². The molecule has 0 fully saturated rings. The summed E-state index contributed by atoms with van der Waals surface area (Å²) in [7, 11) is 0. The Bertz CT molecular complexity index is 547. The molecule has 0 saturated heterocycles. The van der Waals surface area contributed by atoms with Crippen molar-refractivity contribution < 1.29 is 19.6 Å². The molecular formula is C13H15ClN2O5. The molecule has 8 heteroatoms. The molecule has 1 amide bonds. The van der Waals surface area contributed by atoms with Crippen LogP contribution < -0.4 is 5.32 Å². The molecule has 0 spiro atoms. The molecule has 21 heavy (non-hydrogen) atoms. The zero-order valence-electron chi connectivity index (χ0n) is 11.2. The normalized spacial score (nSPS) is 10.1. The van der Waals surface area contributed by atoms with Crippen LogP contribution in [0.25, 0.3) is 0 Å². The van der Waals surface area contributed by atoms with Crippen molar-refractivity contribution in [2.24, 2.45) is 0 Å². The average molecular weight is 315 g/mol. The number of nitrogens with one attached hydrogen (secondary N) is 1. The zero-order chi connectivity index (χ0) is 15.8. The van der Waals surface area contributed by atoms with Gasteiger partial charge >= 0.3 is 5.97 Å². The van der Waals surface area contributed by atoms with Crippen molar-refractivity contribution in [3.63, 3.8) is 0 Å². The van der Waals surface area contributed by atoms with Gasteiger partial charge in [-0.15, -0.1) is 0 Å². The lowest BCUT2D eigenvalue weighted by molar-refractivity contribution is -0.385. The van der Waals surface area contributed by atoms with Crippen LogP contribution in [0.5, 0.6) is 0 Å². The van der Waals surface area contributed by atoms with Gasteiger partial charge in [0, 0.05) is 19.0 Å². The van der Waals surface area contributed by atoms with Gasteiger partial charge in [-0.05, 0) is 18.9 Å². The second-order valence-electron chi connectivity index (χ2n) is 4.35. The van der Waals surface area contributed by atoms with E-state index in [0.717, 1.165) is 0 Å². The summed E-state index contributed by atoms with van der Waals surface area (Å²) in [6, 6.07) is 4.03. The molecule has 0 radical (unpaired) electrons. The summed E-state index contributed by atoms with van der Waals surface area (Å²) in [5.41, 5.74) is -0.499. The molecule has 0 heterocycles. The van der Waals surface area contributed by atoms with Gasteiger partial charge in [0.1, 0.15) is 5.56 Å². The summed E-state index contributed by atoms with van der Waals surface area (Å²) in [5.74, 6) is -1.46. The van der Waals surface area contributed by atoms with Crippen molar-refractivity contribution in [2.45, 2.75) is 25.7 Å². The number of aliphatic carboxylic acids is 1. The molecule has 0 saturated carbocycles. The fraction of sp³-hybridized carbons (Fsp3) is 0.385. The Morgan fingerprint density at radius 2 is 2.00 bits per heavy atom. The highest BCUT2D eigenvalue weighted by molar-refractivity contribution is 6.34. The van der Waals surface area contributed by atoms with Gasteiger partial charge in [0.15, 0.2) is 0 Å². The smallest absolute Gasteiger partial charge is 0.303 e. The van der Waals surface area contributed by atoms with Crippen molar-refractivity contribution >= 4 is 29.2 Å². The predicted molar refractivity (Wildman–Crippen MR) is 76.5 cm³/mol. The first-order valence-corrected chi connectivity index (χ1v) is 6.74. The monoisotopic (exact) mass is 314 g/mol. The molecule has 0 aliphatic rings. The molecular weight excluding hydrogens is 300 g/mol. The first-order valence-electron chi connectivity index (χ1n) is 6.36. The number of carboxylic acid groups (broad SMARTS) is 1. The van der Waals surface area contributed by atoms with E-state index in [9.17, 15) is 19.7 Å². The fourth-order valence-corrected chi connectivity index (χ4v) is 2.01. The molecule has 114 valence electrons. The van der Waals surface area contributed by atoms with E-state index in [1.165, 1.54) is 18.2 Å². The van der Waals surface area contributed by atoms with Crippen LogP contribution in [0.2, 0.25) is 5.02 Å². The number of carboxylic acids is 1. The Morgan fingerprint density at radius 1 is 1.29 bits per heavy atom. The summed E-state index contributed by atoms with van der Waals surface area (Å²) in [5, 5.41) is 21.9. The molecule has 1 rings (SSSR count). The largest absolute Gasteiger partial charge is 0.481 e. The highest BCUT2D eigenvalue weighted by Gasteiger charge is 2.22. The highest BCUT2D eigenvalue weighted by atomic mass is 35.5. The number of hydrogen-bond donors (Lipinski definition) is 2. The highest BCUT2D eigenvalue weighted by Crippen LogP contribution is 2.25. The SMILES string of the molecule is O=C(O)CCCCCNC(=O)c1c(Cl)cccc1[N+](=O)[O-]. The van der Waals surface area contributed by atoms with E-state index < -0.39 is 16.8 Å². The predicted octanol–water partition coefficient (Wildman–Crippen LogP) is 2.62. The third kappa shape index (κ3) is 5.39. The first kappa shape index (κ1) is 16.9. The molecule has 0 aliphatic carbocycles. The topological polar surface area (TPSA) is 110 Å². The Balaban J connectivity index is 2.53. The van der Waals surface area contributed by atoms with E-state index in [2.05, 4.69) is 5.32 Å². The zero-order valence-corrected chi connectivity index (χ0v) is 11.9. The number of carbonyl (C=O) groups is 2. The summed E-state index contributed by atoms with van der Waals surface area (Å²) in [6.45, 7) is 0.306. The molecule has 0 atom stereocenters. The Morgan fingerprint density at radius 3 is 2.62 bits per heavy atom. The van der Waals surface area contributed by atoms with Gasteiger partial charge in [0.05, 0.1) is 9.95 Å². The second kappa shape index (κ2) is 8.21. The van der Waals surface area contributed by atoms with Crippen molar-refractivity contribution in [3.8, 4) is 0 Å². The summed E-state index contributed by atoms with van der Waals surface area (Å²) >= 11 is 5.84.